The van der Waals surface area contributed by atoms with Crippen LogP contribution in [0.2, 0.25) is 5.02 Å². The maximum atomic E-state index is 13.3. The van der Waals surface area contributed by atoms with E-state index in [-0.39, 0.29) is 28.6 Å². The monoisotopic (exact) mass is 380 g/mol. The standard InChI is InChI=1S/C17H18ClFN4O3/c1-9-15(16(24)20-11-4-2-10(3-5-11)17(25)26)21-22-23(9)12-6-7-14(19)13(18)8-12/h6-8,10-11H,2-5H2,1H3,(H,20,24)(H,25,26). The lowest BCUT2D eigenvalue weighted by atomic mass is 9.86. The maximum absolute atomic E-state index is 13.3. The van der Waals surface area contributed by atoms with E-state index in [2.05, 4.69) is 15.6 Å². The Kier molecular flexibility index (Phi) is 5.22. The highest BCUT2D eigenvalue weighted by Gasteiger charge is 2.28. The van der Waals surface area contributed by atoms with E-state index in [1.54, 1.807) is 6.92 Å². The van der Waals surface area contributed by atoms with Crippen molar-refractivity contribution in [2.75, 3.05) is 0 Å². The number of amides is 1. The molecule has 0 bridgehead atoms. The van der Waals surface area contributed by atoms with Crippen molar-refractivity contribution in [3.63, 3.8) is 0 Å². The number of carbonyl (C=O) groups excluding carboxylic acids is 1. The smallest absolute Gasteiger partial charge is 0.306 e. The number of carboxylic acids is 1. The van der Waals surface area contributed by atoms with Crippen LogP contribution in [-0.4, -0.2) is 38.0 Å². The summed E-state index contributed by atoms with van der Waals surface area (Å²) in [7, 11) is 0. The minimum Gasteiger partial charge on any atom is -0.481 e. The number of aliphatic carboxylic acids is 1. The van der Waals surface area contributed by atoms with Gasteiger partial charge in [-0.25, -0.2) is 9.07 Å². The third-order valence-electron chi connectivity index (χ3n) is 4.67. The Balaban J connectivity index is 1.70. The molecule has 26 heavy (non-hydrogen) atoms. The van der Waals surface area contributed by atoms with Crippen LogP contribution in [0.25, 0.3) is 5.69 Å². The van der Waals surface area contributed by atoms with Crippen molar-refractivity contribution in [2.24, 2.45) is 5.92 Å². The quantitative estimate of drug-likeness (QED) is 0.850. The molecule has 1 aromatic carbocycles. The van der Waals surface area contributed by atoms with Gasteiger partial charge in [0.05, 0.1) is 22.3 Å². The van der Waals surface area contributed by atoms with Gasteiger partial charge in [0.25, 0.3) is 5.91 Å². The lowest BCUT2D eigenvalue weighted by Gasteiger charge is -2.26. The van der Waals surface area contributed by atoms with E-state index >= 15 is 0 Å². The van der Waals surface area contributed by atoms with Crippen LogP contribution in [0.1, 0.15) is 41.9 Å². The zero-order valence-electron chi connectivity index (χ0n) is 14.1. The maximum Gasteiger partial charge on any atom is 0.306 e. The molecule has 0 saturated heterocycles. The number of carbonyl (C=O) groups is 2. The van der Waals surface area contributed by atoms with Crippen molar-refractivity contribution in [3.8, 4) is 5.69 Å². The third kappa shape index (κ3) is 3.70. The first-order valence-corrected chi connectivity index (χ1v) is 8.66. The van der Waals surface area contributed by atoms with Gasteiger partial charge in [-0.15, -0.1) is 5.10 Å². The predicted molar refractivity (Wildman–Crippen MR) is 91.9 cm³/mol. The molecule has 9 heteroatoms. The number of rotatable bonds is 4. The Labute approximate surface area is 154 Å². The van der Waals surface area contributed by atoms with Gasteiger partial charge in [0.2, 0.25) is 0 Å². The first-order chi connectivity index (χ1) is 12.4. The molecule has 2 aromatic rings. The lowest BCUT2D eigenvalue weighted by Crippen LogP contribution is -2.39. The molecule has 0 unspecified atom stereocenters. The molecule has 1 aliphatic carbocycles. The van der Waals surface area contributed by atoms with E-state index in [4.69, 9.17) is 16.7 Å². The molecule has 3 rings (SSSR count). The second-order valence-corrected chi connectivity index (χ2v) is 6.80. The molecule has 1 amide bonds. The molecule has 2 N–H and O–H groups in total. The van der Waals surface area contributed by atoms with Crippen LogP contribution in [-0.2, 0) is 4.79 Å². The highest BCUT2D eigenvalue weighted by atomic mass is 35.5. The van der Waals surface area contributed by atoms with Crippen molar-refractivity contribution < 1.29 is 19.1 Å². The molecule has 0 radical (unpaired) electrons. The van der Waals surface area contributed by atoms with E-state index < -0.39 is 11.8 Å². The lowest BCUT2D eigenvalue weighted by molar-refractivity contribution is -0.142. The van der Waals surface area contributed by atoms with Crippen molar-refractivity contribution >= 4 is 23.5 Å². The first kappa shape index (κ1) is 18.3. The molecular weight excluding hydrogens is 363 g/mol. The first-order valence-electron chi connectivity index (χ1n) is 8.28. The SMILES string of the molecule is Cc1c(C(=O)NC2CCC(C(=O)O)CC2)nnn1-c1ccc(F)c(Cl)c1. The van der Waals surface area contributed by atoms with Gasteiger partial charge < -0.3 is 10.4 Å². The van der Waals surface area contributed by atoms with Crippen LogP contribution < -0.4 is 5.32 Å². The molecule has 7 nitrogen and oxygen atoms in total. The molecule has 0 spiro atoms. The third-order valence-corrected chi connectivity index (χ3v) is 4.96. The fourth-order valence-corrected chi connectivity index (χ4v) is 3.31. The van der Waals surface area contributed by atoms with Gasteiger partial charge in [-0.2, -0.15) is 0 Å². The highest BCUT2D eigenvalue weighted by molar-refractivity contribution is 6.30. The van der Waals surface area contributed by atoms with Gasteiger partial charge in [0.15, 0.2) is 5.69 Å². The number of carboxylic acid groups (broad SMARTS) is 1. The minimum absolute atomic E-state index is 0.0430. The van der Waals surface area contributed by atoms with Gasteiger partial charge in [-0.3, -0.25) is 9.59 Å². The Morgan fingerprint density at radius 3 is 2.62 bits per heavy atom. The van der Waals surface area contributed by atoms with Gasteiger partial charge in [-0.05, 0) is 50.8 Å². The summed E-state index contributed by atoms with van der Waals surface area (Å²) in [5.74, 6) is -2.02. The number of benzene rings is 1. The number of halogens is 2. The molecular formula is C17H18ClFN4O3. The Morgan fingerprint density at radius 1 is 1.31 bits per heavy atom. The average molecular weight is 381 g/mol. The molecule has 1 aliphatic rings. The minimum atomic E-state index is -0.786. The Hall–Kier alpha value is -2.48. The summed E-state index contributed by atoms with van der Waals surface area (Å²) in [5, 5.41) is 19.7. The van der Waals surface area contributed by atoms with Crippen molar-refractivity contribution in [1.29, 1.82) is 0 Å². The number of hydrogen-bond donors (Lipinski definition) is 2. The summed E-state index contributed by atoms with van der Waals surface area (Å²) in [6.07, 6.45) is 2.31. The number of nitrogens with zero attached hydrogens (tertiary/aromatic N) is 3. The molecule has 1 fully saturated rings. The van der Waals surface area contributed by atoms with E-state index in [9.17, 15) is 14.0 Å². The molecule has 0 atom stereocenters. The van der Waals surface area contributed by atoms with Crippen molar-refractivity contribution in [1.82, 2.24) is 20.3 Å². The summed E-state index contributed by atoms with van der Waals surface area (Å²) in [6.45, 7) is 1.69. The van der Waals surface area contributed by atoms with Crippen LogP contribution in [0.4, 0.5) is 4.39 Å². The average Bonchev–Trinajstić information content (AvgIpc) is 2.99. The van der Waals surface area contributed by atoms with E-state index in [0.717, 1.165) is 0 Å². The zero-order valence-corrected chi connectivity index (χ0v) is 14.8. The summed E-state index contributed by atoms with van der Waals surface area (Å²) >= 11 is 5.79. The molecule has 138 valence electrons. The number of hydrogen-bond acceptors (Lipinski definition) is 4. The number of aromatic nitrogens is 3. The largest absolute Gasteiger partial charge is 0.481 e. The zero-order chi connectivity index (χ0) is 18.8. The fourth-order valence-electron chi connectivity index (χ4n) is 3.14. The molecule has 1 aromatic heterocycles. The molecule has 0 aliphatic heterocycles. The van der Waals surface area contributed by atoms with Crippen LogP contribution in [0.5, 0.6) is 0 Å². The van der Waals surface area contributed by atoms with Crippen LogP contribution in [0, 0.1) is 18.7 Å². The fraction of sp³-hybridized carbons (Fsp3) is 0.412. The van der Waals surface area contributed by atoms with Crippen LogP contribution >= 0.6 is 11.6 Å². The van der Waals surface area contributed by atoms with E-state index in [1.807, 2.05) is 0 Å². The summed E-state index contributed by atoms with van der Waals surface area (Å²) in [5.41, 5.74) is 1.18. The van der Waals surface area contributed by atoms with Crippen molar-refractivity contribution in [3.05, 3.63) is 40.4 Å². The predicted octanol–water partition coefficient (Wildman–Crippen LogP) is 2.74. The summed E-state index contributed by atoms with van der Waals surface area (Å²) in [4.78, 5) is 23.5. The Bertz CT molecular complexity index is 847. The second-order valence-electron chi connectivity index (χ2n) is 6.39. The second kappa shape index (κ2) is 7.41. The normalized spacial score (nSPS) is 20.0. The van der Waals surface area contributed by atoms with Crippen LogP contribution in [0.15, 0.2) is 18.2 Å². The van der Waals surface area contributed by atoms with Crippen LogP contribution in [0.3, 0.4) is 0 Å². The highest BCUT2D eigenvalue weighted by Crippen LogP contribution is 2.25. The van der Waals surface area contributed by atoms with E-state index in [0.29, 0.717) is 37.1 Å². The van der Waals surface area contributed by atoms with Gasteiger partial charge in [0.1, 0.15) is 5.82 Å². The molecule has 1 heterocycles. The van der Waals surface area contributed by atoms with Gasteiger partial charge >= 0.3 is 5.97 Å². The summed E-state index contributed by atoms with van der Waals surface area (Å²) in [6, 6.07) is 4.05. The topological polar surface area (TPSA) is 97.1 Å². The van der Waals surface area contributed by atoms with E-state index in [1.165, 1.54) is 22.9 Å². The van der Waals surface area contributed by atoms with Gasteiger partial charge in [0, 0.05) is 6.04 Å². The van der Waals surface area contributed by atoms with Crippen molar-refractivity contribution in [2.45, 2.75) is 38.6 Å². The Morgan fingerprint density at radius 2 is 2.00 bits per heavy atom. The summed E-state index contributed by atoms with van der Waals surface area (Å²) < 4.78 is 14.7. The van der Waals surface area contributed by atoms with Gasteiger partial charge in [-0.1, -0.05) is 16.8 Å². The molecule has 1 saturated carbocycles. The number of nitrogens with one attached hydrogen (secondary N) is 1.